The summed E-state index contributed by atoms with van der Waals surface area (Å²) in [5, 5.41) is 4.33. The molecule has 0 amide bonds. The molecule has 2 aromatic carbocycles. The summed E-state index contributed by atoms with van der Waals surface area (Å²) in [4.78, 5) is 0. The second kappa shape index (κ2) is 8.37. The van der Waals surface area contributed by atoms with Crippen LogP contribution in [0.4, 0.5) is 0 Å². The summed E-state index contributed by atoms with van der Waals surface area (Å²) in [6, 6.07) is 17.0. The third-order valence-corrected chi connectivity index (χ3v) is 4.63. The van der Waals surface area contributed by atoms with E-state index in [0.717, 1.165) is 42.3 Å². The van der Waals surface area contributed by atoms with E-state index in [0.29, 0.717) is 6.04 Å². The van der Waals surface area contributed by atoms with Crippen LogP contribution in [-0.2, 0) is 6.42 Å². The first-order valence-electron chi connectivity index (χ1n) is 8.50. The number of nitrogens with one attached hydrogen (secondary N) is 1. The number of ether oxygens (including phenoxy) is 1. The van der Waals surface area contributed by atoms with Gasteiger partial charge in [-0.25, -0.2) is 0 Å². The van der Waals surface area contributed by atoms with Gasteiger partial charge < -0.3 is 10.1 Å². The maximum atomic E-state index is 6.17. The van der Waals surface area contributed by atoms with Crippen molar-refractivity contribution in [2.24, 2.45) is 0 Å². The number of rotatable bonds is 6. The second-order valence-electron chi connectivity index (χ2n) is 6.20. The third kappa shape index (κ3) is 4.98. The third-order valence-electron chi connectivity index (χ3n) is 4.40. The molecule has 0 spiro atoms. The summed E-state index contributed by atoms with van der Waals surface area (Å²) in [6.45, 7) is 1.89. The van der Waals surface area contributed by atoms with Crippen molar-refractivity contribution in [2.75, 3.05) is 13.2 Å². The molecule has 3 rings (SSSR count). The van der Waals surface area contributed by atoms with Crippen LogP contribution in [0.5, 0.6) is 5.75 Å². The van der Waals surface area contributed by atoms with Crippen LogP contribution in [0.1, 0.15) is 36.8 Å². The molecule has 1 N–H and O–H groups in total. The van der Waals surface area contributed by atoms with E-state index < -0.39 is 0 Å². The Hall–Kier alpha value is -1.51. The highest BCUT2D eigenvalue weighted by Crippen LogP contribution is 2.26. The molecular weight excluding hydrogens is 306 g/mol. The molecule has 0 aromatic heterocycles. The van der Waals surface area contributed by atoms with Crippen LogP contribution in [0.15, 0.2) is 48.5 Å². The van der Waals surface area contributed by atoms with Crippen LogP contribution in [0.25, 0.3) is 0 Å². The maximum Gasteiger partial charge on any atom is 0.122 e. The molecular formula is C20H24ClNO. The van der Waals surface area contributed by atoms with Crippen molar-refractivity contribution in [3.63, 3.8) is 0 Å². The Bertz CT molecular complexity index is 608. The van der Waals surface area contributed by atoms with Crippen molar-refractivity contribution in [3.05, 3.63) is 64.7 Å². The monoisotopic (exact) mass is 329 g/mol. The highest BCUT2D eigenvalue weighted by atomic mass is 35.5. The predicted molar refractivity (Wildman–Crippen MR) is 96.5 cm³/mol. The fourth-order valence-electron chi connectivity index (χ4n) is 3.12. The van der Waals surface area contributed by atoms with Crippen LogP contribution < -0.4 is 10.1 Å². The van der Waals surface area contributed by atoms with E-state index in [-0.39, 0.29) is 0 Å². The lowest BCUT2D eigenvalue weighted by molar-refractivity contribution is 0.266. The molecule has 3 heteroatoms. The molecule has 122 valence electrons. The number of hydrogen-bond donors (Lipinski definition) is 1. The van der Waals surface area contributed by atoms with Crippen LogP contribution >= 0.6 is 11.6 Å². The summed E-state index contributed by atoms with van der Waals surface area (Å²) in [5.41, 5.74) is 2.42. The van der Waals surface area contributed by atoms with E-state index in [1.54, 1.807) is 0 Å². The van der Waals surface area contributed by atoms with Crippen molar-refractivity contribution in [1.82, 2.24) is 5.32 Å². The van der Waals surface area contributed by atoms with Gasteiger partial charge in [-0.2, -0.15) is 0 Å². The predicted octanol–water partition coefficient (Wildman–Crippen LogP) is 4.84. The van der Waals surface area contributed by atoms with Crippen molar-refractivity contribution < 1.29 is 4.74 Å². The second-order valence-corrected chi connectivity index (χ2v) is 6.63. The van der Waals surface area contributed by atoms with Gasteiger partial charge in [-0.1, -0.05) is 48.4 Å². The molecule has 1 unspecified atom stereocenters. The molecule has 1 heterocycles. The normalized spacial score (nSPS) is 17.9. The van der Waals surface area contributed by atoms with Crippen LogP contribution in [-0.4, -0.2) is 19.2 Å². The first kappa shape index (κ1) is 16.4. The van der Waals surface area contributed by atoms with Gasteiger partial charge in [0.25, 0.3) is 0 Å². The number of piperidine rings is 1. The lowest BCUT2D eigenvalue weighted by Gasteiger charge is -2.23. The average molecular weight is 330 g/mol. The van der Waals surface area contributed by atoms with E-state index in [4.69, 9.17) is 16.3 Å². The topological polar surface area (TPSA) is 21.3 Å². The highest BCUT2D eigenvalue weighted by Gasteiger charge is 2.13. The fraction of sp³-hybridized carbons (Fsp3) is 0.400. The molecule has 1 atom stereocenters. The van der Waals surface area contributed by atoms with Gasteiger partial charge in [-0.3, -0.25) is 0 Å². The Kier molecular flexibility index (Phi) is 5.95. The molecule has 0 saturated carbocycles. The summed E-state index contributed by atoms with van der Waals surface area (Å²) in [7, 11) is 0. The van der Waals surface area contributed by atoms with E-state index >= 15 is 0 Å². The number of halogens is 1. The molecule has 1 aliphatic rings. The molecule has 0 bridgehead atoms. The quantitative estimate of drug-likeness (QED) is 0.818. The summed E-state index contributed by atoms with van der Waals surface area (Å²) in [6.07, 6.45) is 5.81. The first-order chi connectivity index (χ1) is 11.3. The Balaban J connectivity index is 1.61. The minimum Gasteiger partial charge on any atom is -0.493 e. The van der Waals surface area contributed by atoms with Gasteiger partial charge in [0, 0.05) is 17.5 Å². The molecule has 23 heavy (non-hydrogen) atoms. The van der Waals surface area contributed by atoms with Gasteiger partial charge in [-0.15, -0.1) is 0 Å². The zero-order chi connectivity index (χ0) is 15.9. The van der Waals surface area contributed by atoms with E-state index in [9.17, 15) is 0 Å². The minimum atomic E-state index is 0.605. The SMILES string of the molecule is Clc1ccc(OCCC2CCCCN2)c(Cc2ccccc2)c1. The maximum absolute atomic E-state index is 6.17. The lowest BCUT2D eigenvalue weighted by Crippen LogP contribution is -2.35. The van der Waals surface area contributed by atoms with Gasteiger partial charge in [0.15, 0.2) is 0 Å². The molecule has 1 aliphatic heterocycles. The number of hydrogen-bond acceptors (Lipinski definition) is 2. The fourth-order valence-corrected chi connectivity index (χ4v) is 3.32. The van der Waals surface area contributed by atoms with Crippen LogP contribution in [0.2, 0.25) is 5.02 Å². The summed E-state index contributed by atoms with van der Waals surface area (Å²) in [5.74, 6) is 0.953. The number of benzene rings is 2. The summed E-state index contributed by atoms with van der Waals surface area (Å²) >= 11 is 6.17. The Morgan fingerprint density at radius 1 is 1.09 bits per heavy atom. The minimum absolute atomic E-state index is 0.605. The van der Waals surface area contributed by atoms with E-state index in [1.165, 1.54) is 24.8 Å². The Morgan fingerprint density at radius 3 is 2.74 bits per heavy atom. The first-order valence-corrected chi connectivity index (χ1v) is 8.87. The van der Waals surface area contributed by atoms with Gasteiger partial charge in [-0.05, 0) is 55.1 Å². The van der Waals surface area contributed by atoms with E-state index in [1.807, 2.05) is 24.3 Å². The zero-order valence-corrected chi connectivity index (χ0v) is 14.2. The molecule has 1 fully saturated rings. The molecule has 1 saturated heterocycles. The largest absolute Gasteiger partial charge is 0.493 e. The molecule has 2 nitrogen and oxygen atoms in total. The van der Waals surface area contributed by atoms with Crippen molar-refractivity contribution in [1.29, 1.82) is 0 Å². The Morgan fingerprint density at radius 2 is 1.96 bits per heavy atom. The highest BCUT2D eigenvalue weighted by molar-refractivity contribution is 6.30. The van der Waals surface area contributed by atoms with Crippen LogP contribution in [0.3, 0.4) is 0 Å². The van der Waals surface area contributed by atoms with Crippen LogP contribution in [0, 0.1) is 0 Å². The molecule has 0 radical (unpaired) electrons. The molecule has 0 aliphatic carbocycles. The lowest BCUT2D eigenvalue weighted by atomic mass is 10.0. The van der Waals surface area contributed by atoms with Crippen molar-refractivity contribution in [3.8, 4) is 5.75 Å². The van der Waals surface area contributed by atoms with Gasteiger partial charge in [0.2, 0.25) is 0 Å². The summed E-state index contributed by atoms with van der Waals surface area (Å²) < 4.78 is 6.07. The van der Waals surface area contributed by atoms with E-state index in [2.05, 4.69) is 29.6 Å². The van der Waals surface area contributed by atoms with Gasteiger partial charge in [0.1, 0.15) is 5.75 Å². The molecule has 2 aromatic rings. The smallest absolute Gasteiger partial charge is 0.122 e. The standard InChI is InChI=1S/C20H24ClNO/c21-18-9-10-20(23-13-11-19-8-4-5-12-22-19)17(15-18)14-16-6-2-1-3-7-16/h1-3,6-7,9-10,15,19,22H,4-5,8,11-14H2. The zero-order valence-electron chi connectivity index (χ0n) is 13.4. The average Bonchev–Trinajstić information content (AvgIpc) is 2.59. The van der Waals surface area contributed by atoms with Crippen molar-refractivity contribution in [2.45, 2.75) is 38.1 Å². The van der Waals surface area contributed by atoms with Gasteiger partial charge in [0.05, 0.1) is 6.61 Å². The Labute approximate surface area is 143 Å². The van der Waals surface area contributed by atoms with Crippen molar-refractivity contribution >= 4 is 11.6 Å². The van der Waals surface area contributed by atoms with Gasteiger partial charge >= 0.3 is 0 Å².